The van der Waals surface area contributed by atoms with Crippen molar-refractivity contribution in [2.45, 2.75) is 26.2 Å². The fraction of sp³-hybridized carbons (Fsp3) is 0.500. The molecule has 13 heavy (non-hydrogen) atoms. The minimum Gasteiger partial charge on any atom is -0.360 e. The highest BCUT2D eigenvalue weighted by Crippen LogP contribution is 2.22. The lowest BCUT2D eigenvalue weighted by Gasteiger charge is -2.11. The topological polar surface area (TPSA) is 55.1 Å². The number of nitrogens with zero attached hydrogens (tertiary/aromatic N) is 1. The molecule has 0 unspecified atom stereocenters. The Morgan fingerprint density at radius 2 is 2.23 bits per heavy atom. The van der Waals surface area contributed by atoms with Crippen LogP contribution in [0.5, 0.6) is 0 Å². The molecule has 0 bridgehead atoms. The molecule has 0 radical (unpaired) electrons. The molecule has 4 nitrogen and oxygen atoms in total. The molecule has 1 aromatic heterocycles. The van der Waals surface area contributed by atoms with Gasteiger partial charge in [-0.1, -0.05) is 25.9 Å². The SMILES string of the molecule is CC(C)(C)c1cc(C(=O)NCl)no1. The van der Waals surface area contributed by atoms with Gasteiger partial charge in [0.05, 0.1) is 0 Å². The molecule has 1 heterocycles. The number of hydrogen-bond donors (Lipinski definition) is 1. The molecule has 0 fully saturated rings. The fourth-order valence-corrected chi connectivity index (χ4v) is 0.881. The van der Waals surface area contributed by atoms with E-state index in [2.05, 4.69) is 5.16 Å². The third-order valence-corrected chi connectivity index (χ3v) is 1.74. The molecule has 0 saturated carbocycles. The van der Waals surface area contributed by atoms with Gasteiger partial charge in [-0.2, -0.15) is 0 Å². The third kappa shape index (κ3) is 2.21. The van der Waals surface area contributed by atoms with Crippen molar-refractivity contribution >= 4 is 17.7 Å². The molecule has 0 aliphatic heterocycles. The Morgan fingerprint density at radius 1 is 1.62 bits per heavy atom. The Kier molecular flexibility index (Phi) is 2.61. The Balaban J connectivity index is 2.93. The summed E-state index contributed by atoms with van der Waals surface area (Å²) in [5.41, 5.74) is 0.0395. The van der Waals surface area contributed by atoms with Crippen LogP contribution in [-0.4, -0.2) is 11.1 Å². The van der Waals surface area contributed by atoms with Gasteiger partial charge in [0.25, 0.3) is 5.91 Å². The zero-order valence-corrected chi connectivity index (χ0v) is 8.47. The van der Waals surface area contributed by atoms with Crippen LogP contribution in [0.3, 0.4) is 0 Å². The summed E-state index contributed by atoms with van der Waals surface area (Å²) in [6.45, 7) is 5.90. The van der Waals surface area contributed by atoms with E-state index in [-0.39, 0.29) is 11.1 Å². The normalized spacial score (nSPS) is 11.4. The lowest BCUT2D eigenvalue weighted by atomic mass is 9.93. The van der Waals surface area contributed by atoms with Gasteiger partial charge in [0.15, 0.2) is 5.69 Å². The van der Waals surface area contributed by atoms with Gasteiger partial charge in [-0.05, 0) is 0 Å². The highest BCUT2D eigenvalue weighted by molar-refractivity contribution is 6.23. The Hall–Kier alpha value is -1.03. The Labute approximate surface area is 81.3 Å². The van der Waals surface area contributed by atoms with Gasteiger partial charge in [-0.15, -0.1) is 0 Å². The van der Waals surface area contributed by atoms with E-state index >= 15 is 0 Å². The summed E-state index contributed by atoms with van der Waals surface area (Å²) in [5, 5.41) is 3.58. The summed E-state index contributed by atoms with van der Waals surface area (Å²) in [6.07, 6.45) is 0. The quantitative estimate of drug-likeness (QED) is 0.708. The van der Waals surface area contributed by atoms with Gasteiger partial charge in [-0.3, -0.25) is 9.63 Å². The van der Waals surface area contributed by atoms with Crippen molar-refractivity contribution in [3.63, 3.8) is 0 Å². The molecule has 5 heteroatoms. The predicted molar refractivity (Wildman–Crippen MR) is 48.5 cm³/mol. The lowest BCUT2D eigenvalue weighted by Crippen LogP contribution is -2.13. The van der Waals surface area contributed by atoms with Crippen molar-refractivity contribution < 1.29 is 9.32 Å². The number of nitrogens with one attached hydrogen (secondary N) is 1. The monoisotopic (exact) mass is 202 g/mol. The lowest BCUT2D eigenvalue weighted by molar-refractivity contribution is 0.0972. The zero-order chi connectivity index (χ0) is 10.1. The number of aromatic nitrogens is 1. The number of rotatable bonds is 1. The largest absolute Gasteiger partial charge is 0.360 e. The highest BCUT2D eigenvalue weighted by Gasteiger charge is 2.21. The van der Waals surface area contributed by atoms with Crippen molar-refractivity contribution in [1.29, 1.82) is 0 Å². The maximum absolute atomic E-state index is 11.0. The van der Waals surface area contributed by atoms with Crippen LogP contribution in [0, 0.1) is 0 Å². The van der Waals surface area contributed by atoms with Crippen LogP contribution >= 0.6 is 11.8 Å². The van der Waals surface area contributed by atoms with Crippen molar-refractivity contribution in [3.8, 4) is 0 Å². The van der Waals surface area contributed by atoms with Crippen LogP contribution in [0.25, 0.3) is 0 Å². The van der Waals surface area contributed by atoms with Crippen LogP contribution < -0.4 is 4.84 Å². The van der Waals surface area contributed by atoms with E-state index in [1.54, 1.807) is 6.07 Å². The van der Waals surface area contributed by atoms with Gasteiger partial charge >= 0.3 is 0 Å². The van der Waals surface area contributed by atoms with Crippen molar-refractivity contribution in [3.05, 3.63) is 17.5 Å². The van der Waals surface area contributed by atoms with E-state index in [9.17, 15) is 4.79 Å². The van der Waals surface area contributed by atoms with E-state index in [0.29, 0.717) is 5.76 Å². The second-order valence-electron chi connectivity index (χ2n) is 3.75. The second-order valence-corrected chi connectivity index (χ2v) is 3.94. The minimum absolute atomic E-state index is 0.155. The average Bonchev–Trinajstić information content (AvgIpc) is 2.50. The molecule has 0 spiro atoms. The van der Waals surface area contributed by atoms with Gasteiger partial charge in [0.1, 0.15) is 5.76 Å². The molecular weight excluding hydrogens is 192 g/mol. The van der Waals surface area contributed by atoms with E-state index in [1.165, 1.54) is 0 Å². The van der Waals surface area contributed by atoms with Crippen LogP contribution in [-0.2, 0) is 5.41 Å². The standard InChI is InChI=1S/C8H11ClN2O2/c1-8(2,3)6-4-5(11-13-6)7(12)10-9/h4H,1-3H3,(H,10,12). The zero-order valence-electron chi connectivity index (χ0n) is 7.72. The predicted octanol–water partition coefficient (Wildman–Crippen LogP) is 1.86. The summed E-state index contributed by atoms with van der Waals surface area (Å²) in [4.78, 5) is 12.9. The molecule has 0 saturated heterocycles. The van der Waals surface area contributed by atoms with Crippen LogP contribution in [0.2, 0.25) is 0 Å². The molecular formula is C8H11ClN2O2. The van der Waals surface area contributed by atoms with Crippen molar-refractivity contribution in [2.24, 2.45) is 0 Å². The molecule has 0 aliphatic carbocycles. The first-order valence-corrected chi connectivity index (χ1v) is 4.21. The molecule has 1 aromatic rings. The van der Waals surface area contributed by atoms with Crippen LogP contribution in [0.1, 0.15) is 37.0 Å². The molecule has 0 aliphatic rings. The molecule has 1 amide bonds. The van der Waals surface area contributed by atoms with E-state index in [0.717, 1.165) is 0 Å². The molecule has 1 rings (SSSR count). The van der Waals surface area contributed by atoms with Crippen molar-refractivity contribution in [2.75, 3.05) is 0 Å². The number of amides is 1. The van der Waals surface area contributed by atoms with Crippen LogP contribution in [0.4, 0.5) is 0 Å². The molecule has 1 N–H and O–H groups in total. The average molecular weight is 203 g/mol. The third-order valence-electron chi connectivity index (χ3n) is 1.57. The minimum atomic E-state index is -0.457. The summed E-state index contributed by atoms with van der Waals surface area (Å²) < 4.78 is 4.98. The fourth-order valence-electron chi connectivity index (χ4n) is 0.784. The maximum Gasteiger partial charge on any atom is 0.287 e. The first-order chi connectivity index (χ1) is 5.95. The van der Waals surface area contributed by atoms with Gasteiger partial charge in [0.2, 0.25) is 0 Å². The summed E-state index contributed by atoms with van der Waals surface area (Å²) in [7, 11) is 0. The summed E-state index contributed by atoms with van der Waals surface area (Å²) in [6, 6.07) is 1.58. The van der Waals surface area contributed by atoms with Crippen LogP contribution in [0.15, 0.2) is 10.6 Å². The number of halogens is 1. The molecule has 0 aromatic carbocycles. The highest BCUT2D eigenvalue weighted by atomic mass is 35.5. The first-order valence-electron chi connectivity index (χ1n) is 3.83. The first kappa shape index (κ1) is 10.1. The molecule has 72 valence electrons. The van der Waals surface area contributed by atoms with Crippen molar-refractivity contribution in [1.82, 2.24) is 9.99 Å². The van der Waals surface area contributed by atoms with E-state index < -0.39 is 5.91 Å². The summed E-state index contributed by atoms with van der Waals surface area (Å²) in [5.74, 6) is 0.198. The van der Waals surface area contributed by atoms with Gasteiger partial charge in [0, 0.05) is 23.3 Å². The van der Waals surface area contributed by atoms with E-state index in [1.807, 2.05) is 25.6 Å². The van der Waals surface area contributed by atoms with Gasteiger partial charge < -0.3 is 4.52 Å². The Morgan fingerprint density at radius 3 is 2.62 bits per heavy atom. The van der Waals surface area contributed by atoms with E-state index in [4.69, 9.17) is 16.3 Å². The number of carbonyl (C=O) groups excluding carboxylic acids is 1. The maximum atomic E-state index is 11.0. The second kappa shape index (κ2) is 3.38. The van der Waals surface area contributed by atoms with Gasteiger partial charge in [-0.25, -0.2) is 0 Å². The number of carbonyl (C=O) groups is 1. The summed E-state index contributed by atoms with van der Waals surface area (Å²) >= 11 is 5.13. The Bertz CT molecular complexity index is 314. The molecule has 0 atom stereocenters. The number of hydrogen-bond acceptors (Lipinski definition) is 3. The smallest absolute Gasteiger partial charge is 0.287 e.